The van der Waals surface area contributed by atoms with Crippen molar-refractivity contribution in [3.63, 3.8) is 0 Å². The first-order valence-electron chi connectivity index (χ1n) is 8.94. The number of aryl methyl sites for hydroxylation is 2. The van der Waals surface area contributed by atoms with Gasteiger partial charge in [0.05, 0.1) is 18.4 Å². The summed E-state index contributed by atoms with van der Waals surface area (Å²) in [5, 5.41) is 10.9. The number of esters is 1. The third kappa shape index (κ3) is 4.62. The molecule has 7 heteroatoms. The molecular formula is C21H21N3O4. The number of methoxy groups -OCH3 is 1. The highest BCUT2D eigenvalue weighted by Crippen LogP contribution is 2.22. The molecule has 0 fully saturated rings. The molecule has 0 atom stereocenters. The van der Waals surface area contributed by atoms with Gasteiger partial charge < -0.3 is 14.5 Å². The van der Waals surface area contributed by atoms with Crippen LogP contribution in [0.3, 0.4) is 0 Å². The number of benzene rings is 2. The minimum Gasteiger partial charge on any atom is -0.465 e. The highest BCUT2D eigenvalue weighted by Gasteiger charge is 2.16. The maximum atomic E-state index is 12.3. The van der Waals surface area contributed by atoms with Gasteiger partial charge in [-0.25, -0.2) is 4.79 Å². The highest BCUT2D eigenvalue weighted by molar-refractivity contribution is 6.02. The minimum atomic E-state index is -0.488. The Balaban J connectivity index is 1.56. The SMILES string of the molecule is COC(=O)c1cccc(C)c1NC(=O)CCCc1nnc(-c2ccccc2)o1. The van der Waals surface area contributed by atoms with E-state index in [4.69, 9.17) is 9.15 Å². The van der Waals surface area contributed by atoms with E-state index in [0.717, 1.165) is 11.1 Å². The minimum absolute atomic E-state index is 0.192. The van der Waals surface area contributed by atoms with Crippen LogP contribution < -0.4 is 5.32 Å². The summed E-state index contributed by atoms with van der Waals surface area (Å²) in [5.74, 6) is 0.265. The molecule has 7 nitrogen and oxygen atoms in total. The van der Waals surface area contributed by atoms with Crippen LogP contribution >= 0.6 is 0 Å². The number of hydrogen-bond donors (Lipinski definition) is 1. The second-order valence-electron chi connectivity index (χ2n) is 6.26. The number of anilines is 1. The number of rotatable bonds is 7. The molecule has 2 aromatic carbocycles. The molecule has 0 spiro atoms. The summed E-state index contributed by atoms with van der Waals surface area (Å²) in [5.41, 5.74) is 2.46. The number of ether oxygens (including phenoxy) is 1. The Bertz CT molecular complexity index is 967. The Kier molecular flexibility index (Phi) is 6.16. The van der Waals surface area contributed by atoms with E-state index in [9.17, 15) is 9.59 Å². The van der Waals surface area contributed by atoms with Gasteiger partial charge in [-0.1, -0.05) is 30.3 Å². The van der Waals surface area contributed by atoms with E-state index < -0.39 is 5.97 Å². The molecule has 0 aliphatic rings. The van der Waals surface area contributed by atoms with Gasteiger partial charge in [-0.3, -0.25) is 4.79 Å². The summed E-state index contributed by atoms with van der Waals surface area (Å²) in [6.45, 7) is 1.83. The molecule has 144 valence electrons. The molecular weight excluding hydrogens is 358 g/mol. The third-order valence-electron chi connectivity index (χ3n) is 4.22. The summed E-state index contributed by atoms with van der Waals surface area (Å²) in [7, 11) is 1.31. The van der Waals surface area contributed by atoms with Gasteiger partial charge in [-0.2, -0.15) is 0 Å². The number of nitrogens with zero attached hydrogens (tertiary/aromatic N) is 2. The normalized spacial score (nSPS) is 10.5. The average Bonchev–Trinajstić information content (AvgIpc) is 3.18. The van der Waals surface area contributed by atoms with E-state index in [0.29, 0.717) is 35.9 Å². The number of carbonyl (C=O) groups is 2. The molecule has 0 saturated carbocycles. The Labute approximate surface area is 162 Å². The van der Waals surface area contributed by atoms with E-state index in [1.165, 1.54) is 7.11 Å². The number of aromatic nitrogens is 2. The first-order chi connectivity index (χ1) is 13.6. The van der Waals surface area contributed by atoms with Crippen molar-refractivity contribution in [3.8, 4) is 11.5 Å². The van der Waals surface area contributed by atoms with E-state index in [2.05, 4.69) is 15.5 Å². The monoisotopic (exact) mass is 379 g/mol. The number of hydrogen-bond acceptors (Lipinski definition) is 6. The average molecular weight is 379 g/mol. The standard InChI is InChI=1S/C21H21N3O4/c1-14-8-6-11-16(21(26)27-2)19(14)22-17(25)12-7-13-18-23-24-20(28-18)15-9-4-3-5-10-15/h3-6,8-11H,7,12-13H2,1-2H3,(H,22,25). The van der Waals surface area contributed by atoms with Crippen LogP contribution in [0, 0.1) is 6.92 Å². The highest BCUT2D eigenvalue weighted by atomic mass is 16.5. The maximum Gasteiger partial charge on any atom is 0.339 e. The second-order valence-corrected chi connectivity index (χ2v) is 6.26. The zero-order chi connectivity index (χ0) is 19.9. The Hall–Kier alpha value is -3.48. The molecule has 3 aromatic rings. The van der Waals surface area contributed by atoms with Crippen LogP contribution in [0.4, 0.5) is 5.69 Å². The van der Waals surface area contributed by atoms with Crippen molar-refractivity contribution in [2.75, 3.05) is 12.4 Å². The summed E-state index contributed by atoms with van der Waals surface area (Å²) in [6, 6.07) is 14.7. The topological polar surface area (TPSA) is 94.3 Å². The van der Waals surface area contributed by atoms with Crippen molar-refractivity contribution in [1.29, 1.82) is 0 Å². The fraction of sp³-hybridized carbons (Fsp3) is 0.238. The first kappa shape index (κ1) is 19.3. The van der Waals surface area contributed by atoms with Gasteiger partial charge in [-0.05, 0) is 37.1 Å². The van der Waals surface area contributed by atoms with Crippen molar-refractivity contribution in [2.45, 2.75) is 26.2 Å². The molecule has 3 rings (SSSR count). The van der Waals surface area contributed by atoms with Crippen LogP contribution in [0.5, 0.6) is 0 Å². The molecule has 1 aromatic heterocycles. The molecule has 1 heterocycles. The summed E-state index contributed by atoms with van der Waals surface area (Å²) in [4.78, 5) is 24.2. The van der Waals surface area contributed by atoms with Crippen molar-refractivity contribution in [3.05, 3.63) is 65.5 Å². The van der Waals surface area contributed by atoms with Gasteiger partial charge in [-0.15, -0.1) is 10.2 Å². The molecule has 1 amide bonds. The van der Waals surface area contributed by atoms with E-state index in [1.807, 2.05) is 43.3 Å². The fourth-order valence-electron chi connectivity index (χ4n) is 2.77. The number of amides is 1. The molecule has 0 unspecified atom stereocenters. The smallest absolute Gasteiger partial charge is 0.339 e. The van der Waals surface area contributed by atoms with Crippen molar-refractivity contribution < 1.29 is 18.7 Å². The first-order valence-corrected chi connectivity index (χ1v) is 8.94. The van der Waals surface area contributed by atoms with Crippen molar-refractivity contribution in [1.82, 2.24) is 10.2 Å². The van der Waals surface area contributed by atoms with E-state index in [-0.39, 0.29) is 12.3 Å². The van der Waals surface area contributed by atoms with Crippen LogP contribution in [-0.4, -0.2) is 29.2 Å². The lowest BCUT2D eigenvalue weighted by Gasteiger charge is -2.12. The predicted octanol–water partition coefficient (Wildman–Crippen LogP) is 3.79. The van der Waals surface area contributed by atoms with Gasteiger partial charge in [0.2, 0.25) is 17.7 Å². The van der Waals surface area contributed by atoms with Crippen LogP contribution in [0.25, 0.3) is 11.5 Å². The van der Waals surface area contributed by atoms with Gasteiger partial charge in [0.1, 0.15) is 0 Å². The number of nitrogens with one attached hydrogen (secondary N) is 1. The predicted molar refractivity (Wildman–Crippen MR) is 104 cm³/mol. The second kappa shape index (κ2) is 8.94. The van der Waals surface area contributed by atoms with Gasteiger partial charge in [0.15, 0.2) is 0 Å². The van der Waals surface area contributed by atoms with Crippen molar-refractivity contribution in [2.24, 2.45) is 0 Å². The summed E-state index contributed by atoms with van der Waals surface area (Å²) >= 11 is 0. The van der Waals surface area contributed by atoms with Gasteiger partial charge >= 0.3 is 5.97 Å². The van der Waals surface area contributed by atoms with Crippen LogP contribution in [0.2, 0.25) is 0 Å². The Morgan fingerprint density at radius 1 is 1.07 bits per heavy atom. The Morgan fingerprint density at radius 2 is 1.86 bits per heavy atom. The molecule has 28 heavy (non-hydrogen) atoms. The number of carbonyl (C=O) groups excluding carboxylic acids is 2. The molecule has 0 aliphatic carbocycles. The number of para-hydroxylation sites is 1. The maximum absolute atomic E-state index is 12.3. The fourth-order valence-corrected chi connectivity index (χ4v) is 2.77. The van der Waals surface area contributed by atoms with Gasteiger partial charge in [0.25, 0.3) is 0 Å². The van der Waals surface area contributed by atoms with E-state index >= 15 is 0 Å². The lowest BCUT2D eigenvalue weighted by Crippen LogP contribution is -2.16. The summed E-state index contributed by atoms with van der Waals surface area (Å²) < 4.78 is 10.4. The van der Waals surface area contributed by atoms with Crippen molar-refractivity contribution >= 4 is 17.6 Å². The lowest BCUT2D eigenvalue weighted by atomic mass is 10.1. The molecule has 0 saturated heterocycles. The van der Waals surface area contributed by atoms with Crippen LogP contribution in [-0.2, 0) is 16.0 Å². The summed E-state index contributed by atoms with van der Waals surface area (Å²) in [6.07, 6.45) is 1.30. The van der Waals surface area contributed by atoms with E-state index in [1.54, 1.807) is 12.1 Å². The Morgan fingerprint density at radius 3 is 2.61 bits per heavy atom. The largest absolute Gasteiger partial charge is 0.465 e. The van der Waals surface area contributed by atoms with Crippen LogP contribution in [0.1, 0.15) is 34.7 Å². The molecule has 1 N–H and O–H groups in total. The third-order valence-corrected chi connectivity index (χ3v) is 4.22. The zero-order valence-corrected chi connectivity index (χ0v) is 15.8. The van der Waals surface area contributed by atoms with Gasteiger partial charge in [0, 0.05) is 18.4 Å². The zero-order valence-electron chi connectivity index (χ0n) is 15.8. The molecule has 0 radical (unpaired) electrons. The molecule has 0 aliphatic heterocycles. The lowest BCUT2D eigenvalue weighted by molar-refractivity contribution is -0.116. The van der Waals surface area contributed by atoms with Crippen LogP contribution in [0.15, 0.2) is 52.9 Å². The molecule has 0 bridgehead atoms. The quantitative estimate of drug-likeness (QED) is 0.628.